The Bertz CT molecular complexity index is 1300. The standard InChI is InChI=1S/C27H22F2N2O3/c1-15-10-16(2-8-20-22-13-34-14-23(20)22)11-24(30-15)27(33)31-26(17-3-5-18(28)6-4-17)21-12-19(29)7-9-25(21)32/h3-7,9-12,20,22-23,26,32H,13-14H2,1H3,(H,31,33)/t20?,22-,23+,26?. The average molecular weight is 460 g/mol. The van der Waals surface area contributed by atoms with Crippen molar-refractivity contribution < 1.29 is 23.4 Å². The summed E-state index contributed by atoms with van der Waals surface area (Å²) in [5.41, 5.74) is 2.08. The molecule has 172 valence electrons. The number of hydrogen-bond acceptors (Lipinski definition) is 4. The van der Waals surface area contributed by atoms with Gasteiger partial charge in [-0.15, -0.1) is 0 Å². The van der Waals surface area contributed by atoms with Crippen LogP contribution in [-0.2, 0) is 4.74 Å². The number of aromatic nitrogens is 1. The molecule has 1 aliphatic carbocycles. The maximum atomic E-state index is 14.0. The van der Waals surface area contributed by atoms with Crippen LogP contribution in [0.1, 0.15) is 38.9 Å². The topological polar surface area (TPSA) is 71.5 Å². The Balaban J connectivity index is 1.43. The summed E-state index contributed by atoms with van der Waals surface area (Å²) < 4.78 is 32.9. The van der Waals surface area contributed by atoms with Crippen molar-refractivity contribution in [3.05, 3.63) is 94.3 Å². The van der Waals surface area contributed by atoms with E-state index in [1.54, 1.807) is 13.0 Å². The first-order valence-electron chi connectivity index (χ1n) is 11.0. The highest BCUT2D eigenvalue weighted by Crippen LogP contribution is 2.50. The van der Waals surface area contributed by atoms with Crippen molar-refractivity contribution in [2.75, 3.05) is 13.2 Å². The van der Waals surface area contributed by atoms with Crippen molar-refractivity contribution in [3.63, 3.8) is 0 Å². The van der Waals surface area contributed by atoms with Crippen molar-refractivity contribution in [2.24, 2.45) is 17.8 Å². The zero-order chi connectivity index (χ0) is 23.8. The van der Waals surface area contributed by atoms with E-state index in [-0.39, 0.29) is 17.0 Å². The monoisotopic (exact) mass is 460 g/mol. The Morgan fingerprint density at radius 1 is 1.09 bits per heavy atom. The van der Waals surface area contributed by atoms with Crippen LogP contribution in [0.4, 0.5) is 8.78 Å². The number of amides is 1. The van der Waals surface area contributed by atoms with E-state index < -0.39 is 23.6 Å². The molecule has 1 saturated carbocycles. The molecular formula is C27H22F2N2O3. The molecule has 0 radical (unpaired) electrons. The molecule has 4 atom stereocenters. The van der Waals surface area contributed by atoms with E-state index in [0.29, 0.717) is 34.6 Å². The second-order valence-electron chi connectivity index (χ2n) is 8.70. The summed E-state index contributed by atoms with van der Waals surface area (Å²) in [6.07, 6.45) is 0. The van der Waals surface area contributed by atoms with Crippen LogP contribution in [-0.4, -0.2) is 29.2 Å². The first-order chi connectivity index (χ1) is 16.4. The van der Waals surface area contributed by atoms with Gasteiger partial charge in [-0.1, -0.05) is 24.0 Å². The third-order valence-corrected chi connectivity index (χ3v) is 6.30. The second kappa shape index (κ2) is 8.88. The molecule has 2 aliphatic rings. The van der Waals surface area contributed by atoms with Gasteiger partial charge in [0.25, 0.3) is 5.91 Å². The van der Waals surface area contributed by atoms with Gasteiger partial charge in [0.05, 0.1) is 19.3 Å². The van der Waals surface area contributed by atoms with Gasteiger partial charge < -0.3 is 15.2 Å². The highest BCUT2D eigenvalue weighted by atomic mass is 19.1. The molecule has 1 aliphatic heterocycles. The number of nitrogens with one attached hydrogen (secondary N) is 1. The molecule has 2 unspecified atom stereocenters. The van der Waals surface area contributed by atoms with Gasteiger partial charge in [-0.05, 0) is 55.0 Å². The number of rotatable bonds is 4. The van der Waals surface area contributed by atoms with E-state index in [1.807, 2.05) is 6.07 Å². The van der Waals surface area contributed by atoms with Gasteiger partial charge in [-0.2, -0.15) is 0 Å². The molecule has 2 heterocycles. The van der Waals surface area contributed by atoms with Crippen LogP contribution in [0.2, 0.25) is 0 Å². The Hall–Kier alpha value is -3.76. The number of aryl methyl sites for hydroxylation is 1. The van der Waals surface area contributed by atoms with Crippen LogP contribution in [0.3, 0.4) is 0 Å². The third kappa shape index (κ3) is 4.50. The molecule has 5 nitrogen and oxygen atoms in total. The molecule has 3 aromatic rings. The number of pyridine rings is 1. The minimum Gasteiger partial charge on any atom is -0.508 e. The predicted octanol–water partition coefficient (Wildman–Crippen LogP) is 4.14. The number of hydrogen-bond donors (Lipinski definition) is 2. The molecule has 7 heteroatoms. The first kappa shape index (κ1) is 22.1. The Labute approximate surface area is 195 Å². The van der Waals surface area contributed by atoms with Crippen LogP contribution in [0.25, 0.3) is 0 Å². The lowest BCUT2D eigenvalue weighted by Crippen LogP contribution is -2.30. The van der Waals surface area contributed by atoms with Crippen molar-refractivity contribution >= 4 is 5.91 Å². The summed E-state index contributed by atoms with van der Waals surface area (Å²) in [6.45, 7) is 3.28. The fraction of sp³-hybridized carbons (Fsp3) is 0.259. The van der Waals surface area contributed by atoms with Crippen molar-refractivity contribution in [3.8, 4) is 17.6 Å². The van der Waals surface area contributed by atoms with Crippen molar-refractivity contribution in [1.29, 1.82) is 0 Å². The molecule has 1 aromatic heterocycles. The van der Waals surface area contributed by atoms with Gasteiger partial charge in [0.1, 0.15) is 23.1 Å². The normalized spacial score (nSPS) is 21.2. The maximum Gasteiger partial charge on any atom is 0.270 e. The number of nitrogens with zero attached hydrogens (tertiary/aromatic N) is 1. The quantitative estimate of drug-likeness (QED) is 0.575. The number of phenolic OH excluding ortho intramolecular Hbond substituents is 1. The van der Waals surface area contributed by atoms with Crippen LogP contribution >= 0.6 is 0 Å². The molecule has 5 rings (SSSR count). The molecule has 2 aromatic carbocycles. The van der Waals surface area contributed by atoms with Crippen LogP contribution in [0, 0.1) is 48.2 Å². The summed E-state index contributed by atoms with van der Waals surface area (Å²) in [5.74, 6) is 6.03. The zero-order valence-corrected chi connectivity index (χ0v) is 18.4. The van der Waals surface area contributed by atoms with Gasteiger partial charge in [0, 0.05) is 34.6 Å². The SMILES string of the molecule is Cc1cc(C#CC2[C@H]3COC[C@@H]23)cc(C(=O)NC(c2ccc(F)cc2)c2cc(F)ccc2O)n1. The van der Waals surface area contributed by atoms with E-state index >= 15 is 0 Å². The summed E-state index contributed by atoms with van der Waals surface area (Å²) in [7, 11) is 0. The summed E-state index contributed by atoms with van der Waals surface area (Å²) in [6, 6.07) is 11.4. The minimum absolute atomic E-state index is 0.145. The number of fused-ring (bicyclic) bond motifs is 1. The summed E-state index contributed by atoms with van der Waals surface area (Å²) >= 11 is 0. The fourth-order valence-electron chi connectivity index (χ4n) is 4.44. The first-order valence-corrected chi connectivity index (χ1v) is 11.0. The highest BCUT2D eigenvalue weighted by molar-refractivity contribution is 5.93. The lowest BCUT2D eigenvalue weighted by atomic mass is 9.97. The zero-order valence-electron chi connectivity index (χ0n) is 18.4. The van der Waals surface area contributed by atoms with Gasteiger partial charge in [-0.25, -0.2) is 13.8 Å². The Morgan fingerprint density at radius 2 is 1.79 bits per heavy atom. The van der Waals surface area contributed by atoms with E-state index in [2.05, 4.69) is 22.1 Å². The van der Waals surface area contributed by atoms with Gasteiger partial charge in [-0.3, -0.25) is 4.79 Å². The van der Waals surface area contributed by atoms with Gasteiger partial charge in [0.2, 0.25) is 0 Å². The summed E-state index contributed by atoms with van der Waals surface area (Å²) in [5, 5.41) is 13.2. The largest absolute Gasteiger partial charge is 0.508 e. The smallest absolute Gasteiger partial charge is 0.270 e. The number of halogens is 2. The van der Waals surface area contributed by atoms with E-state index in [4.69, 9.17) is 4.74 Å². The molecule has 0 bridgehead atoms. The van der Waals surface area contributed by atoms with Crippen LogP contribution in [0.5, 0.6) is 5.75 Å². The number of benzene rings is 2. The molecule has 1 saturated heterocycles. The molecular weight excluding hydrogens is 438 g/mol. The number of ether oxygens (including phenoxy) is 1. The lowest BCUT2D eigenvalue weighted by Gasteiger charge is -2.21. The fourth-order valence-corrected chi connectivity index (χ4v) is 4.44. The Morgan fingerprint density at radius 3 is 2.53 bits per heavy atom. The van der Waals surface area contributed by atoms with E-state index in [1.165, 1.54) is 30.3 Å². The van der Waals surface area contributed by atoms with Gasteiger partial charge >= 0.3 is 0 Å². The number of carbonyl (C=O) groups is 1. The van der Waals surface area contributed by atoms with Crippen LogP contribution in [0.15, 0.2) is 54.6 Å². The number of carbonyl (C=O) groups excluding carboxylic acids is 1. The summed E-state index contributed by atoms with van der Waals surface area (Å²) in [4.78, 5) is 17.5. The molecule has 0 spiro atoms. The van der Waals surface area contributed by atoms with E-state index in [9.17, 15) is 18.7 Å². The molecule has 2 N–H and O–H groups in total. The number of aromatic hydroxyl groups is 1. The second-order valence-corrected chi connectivity index (χ2v) is 8.70. The van der Waals surface area contributed by atoms with Gasteiger partial charge in [0.15, 0.2) is 0 Å². The average Bonchev–Trinajstić information content (AvgIpc) is 3.24. The predicted molar refractivity (Wildman–Crippen MR) is 121 cm³/mol. The maximum absolute atomic E-state index is 14.0. The van der Waals surface area contributed by atoms with Crippen LogP contribution < -0.4 is 5.32 Å². The van der Waals surface area contributed by atoms with E-state index in [0.717, 1.165) is 25.3 Å². The lowest BCUT2D eigenvalue weighted by molar-refractivity contribution is 0.0937. The molecule has 2 fully saturated rings. The third-order valence-electron chi connectivity index (χ3n) is 6.30. The molecule has 34 heavy (non-hydrogen) atoms. The Kier molecular flexibility index (Phi) is 5.76. The van der Waals surface area contributed by atoms with Crippen molar-refractivity contribution in [2.45, 2.75) is 13.0 Å². The number of phenols is 1. The highest BCUT2D eigenvalue weighted by Gasteiger charge is 2.53. The van der Waals surface area contributed by atoms with Crippen molar-refractivity contribution in [1.82, 2.24) is 10.3 Å². The minimum atomic E-state index is -0.925. The molecule has 1 amide bonds.